The zero-order valence-corrected chi connectivity index (χ0v) is 40.2. The fourth-order valence-electron chi connectivity index (χ4n) is 7.52. The lowest BCUT2D eigenvalue weighted by Gasteiger charge is -2.15. The molecular formula is C44H54BF2IN14O5. The van der Waals surface area contributed by atoms with Crippen molar-refractivity contribution in [1.82, 2.24) is 59.1 Å². The summed E-state index contributed by atoms with van der Waals surface area (Å²) in [5, 5.41) is 28.1. The third kappa shape index (κ3) is 12.3. The lowest BCUT2D eigenvalue weighted by atomic mass is 9.80. The molecule has 2 aliphatic heterocycles. The Bertz CT molecular complexity index is 2770. The number of nitrogens with two attached hydrogens (primary N) is 2. The highest BCUT2D eigenvalue weighted by Gasteiger charge is 2.31. The normalized spacial score (nSPS) is 16.1. The maximum absolute atomic E-state index is 13.9. The van der Waals surface area contributed by atoms with Gasteiger partial charge in [0, 0.05) is 57.0 Å². The first-order valence-corrected chi connectivity index (χ1v) is 22.3. The molecule has 0 unspecified atom stereocenters. The van der Waals surface area contributed by atoms with Crippen molar-refractivity contribution in [3.8, 4) is 17.0 Å². The average molecular weight is 1030 g/mol. The van der Waals surface area contributed by atoms with Gasteiger partial charge in [-0.1, -0.05) is 24.3 Å². The monoisotopic (exact) mass is 1030 g/mol. The number of hydrogen-bond donors (Lipinski definition) is 4. The highest BCUT2D eigenvalue weighted by Crippen LogP contribution is 2.36. The van der Waals surface area contributed by atoms with Crippen molar-refractivity contribution >= 4 is 80.7 Å². The van der Waals surface area contributed by atoms with Crippen LogP contribution in [0.1, 0.15) is 30.5 Å². The third-order valence-electron chi connectivity index (χ3n) is 11.0. The van der Waals surface area contributed by atoms with Gasteiger partial charge in [0.05, 0.1) is 30.0 Å². The topological polar surface area (TPSA) is 236 Å². The summed E-state index contributed by atoms with van der Waals surface area (Å²) in [6, 6.07) is 8.53. The fourth-order valence-corrected chi connectivity index (χ4v) is 8.27. The van der Waals surface area contributed by atoms with Crippen molar-refractivity contribution in [2.75, 3.05) is 86.0 Å². The van der Waals surface area contributed by atoms with E-state index in [1.807, 2.05) is 59.7 Å². The van der Waals surface area contributed by atoms with Gasteiger partial charge in [0.2, 0.25) is 11.8 Å². The lowest BCUT2D eigenvalue weighted by molar-refractivity contribution is -0.125. The van der Waals surface area contributed by atoms with Crippen molar-refractivity contribution < 1.29 is 33.2 Å². The summed E-state index contributed by atoms with van der Waals surface area (Å²) >= 11 is 2.15. The smallest absolute Gasteiger partial charge is 0.488 e. The fraction of sp³-hybridized carbons (Fsp3) is 0.364. The van der Waals surface area contributed by atoms with Crippen LogP contribution in [-0.4, -0.2) is 163 Å². The molecule has 0 radical (unpaired) electrons. The third-order valence-corrected chi connectivity index (χ3v) is 11.8. The molecule has 0 saturated carbocycles. The van der Waals surface area contributed by atoms with Crippen LogP contribution in [0.4, 0.5) is 20.4 Å². The Balaban J connectivity index is 0.000000185. The van der Waals surface area contributed by atoms with Crippen molar-refractivity contribution in [3.05, 3.63) is 94.3 Å². The number of fused-ring (bicyclic) bond motifs is 2. The summed E-state index contributed by atoms with van der Waals surface area (Å²) in [5.74, 6) is 0.0574. The van der Waals surface area contributed by atoms with E-state index >= 15 is 0 Å². The number of aryl methyl sites for hydroxylation is 1. The number of carbonyl (C=O) groups is 2. The molecule has 2 fully saturated rings. The van der Waals surface area contributed by atoms with E-state index in [-0.39, 0.29) is 41.3 Å². The van der Waals surface area contributed by atoms with E-state index in [1.165, 1.54) is 44.0 Å². The van der Waals surface area contributed by atoms with Gasteiger partial charge in [0.25, 0.3) is 0 Å². The van der Waals surface area contributed by atoms with E-state index in [0.717, 1.165) is 34.1 Å². The van der Waals surface area contributed by atoms with Gasteiger partial charge in [-0.2, -0.15) is 10.2 Å². The zero-order valence-electron chi connectivity index (χ0n) is 38.1. The molecule has 8 rings (SSSR count). The quantitative estimate of drug-likeness (QED) is 0.0830. The minimum Gasteiger partial charge on any atom is -0.494 e. The lowest BCUT2D eigenvalue weighted by Crippen LogP contribution is -2.29. The van der Waals surface area contributed by atoms with Gasteiger partial charge in [0.15, 0.2) is 22.9 Å². The van der Waals surface area contributed by atoms with Crippen LogP contribution in [0, 0.1) is 22.3 Å². The molecule has 2 aliphatic rings. The first-order chi connectivity index (χ1) is 32.0. The van der Waals surface area contributed by atoms with Crippen molar-refractivity contribution in [2.45, 2.75) is 31.8 Å². The summed E-state index contributed by atoms with van der Waals surface area (Å²) in [6.45, 7) is 5.50. The van der Waals surface area contributed by atoms with Gasteiger partial charge in [0.1, 0.15) is 39.5 Å². The second-order valence-electron chi connectivity index (χ2n) is 16.5. The molecule has 6 N–H and O–H groups in total. The highest BCUT2D eigenvalue weighted by molar-refractivity contribution is 14.1. The average Bonchev–Trinajstić information content (AvgIpc) is 4.11. The van der Waals surface area contributed by atoms with E-state index in [0.29, 0.717) is 71.9 Å². The number of amides is 2. The number of nitrogens with zero attached hydrogens (tertiary/aromatic N) is 12. The Labute approximate surface area is 400 Å². The van der Waals surface area contributed by atoms with Gasteiger partial charge >= 0.3 is 7.12 Å². The number of carbonyl (C=O) groups excluding carboxylic acids is 2. The van der Waals surface area contributed by atoms with E-state index in [1.54, 1.807) is 40.8 Å². The van der Waals surface area contributed by atoms with Crippen LogP contribution in [0.15, 0.2) is 73.4 Å². The molecule has 2 atom stereocenters. The number of ether oxygens (including phenoxy) is 1. The summed E-state index contributed by atoms with van der Waals surface area (Å²) in [5.41, 5.74) is 15.3. The Kier molecular flexibility index (Phi) is 16.9. The highest BCUT2D eigenvalue weighted by atomic mass is 127. The molecule has 19 nitrogen and oxygen atoms in total. The molecule has 2 aromatic carbocycles. The first-order valence-electron chi connectivity index (χ1n) is 21.3. The predicted octanol–water partition coefficient (Wildman–Crippen LogP) is 2.83. The first kappa shape index (κ1) is 50.3. The molecule has 354 valence electrons. The summed E-state index contributed by atoms with van der Waals surface area (Å²) in [7, 11) is 7.73. The number of nitrogen functional groups attached to an aromatic ring is 2. The van der Waals surface area contributed by atoms with Crippen molar-refractivity contribution in [1.29, 1.82) is 0 Å². The number of halogens is 3. The molecule has 6 aromatic rings. The van der Waals surface area contributed by atoms with Crippen LogP contribution in [0.5, 0.6) is 5.75 Å². The van der Waals surface area contributed by atoms with E-state index < -0.39 is 12.9 Å². The standard InChI is InChI=1S/C22H26FN7O2.C15H20IN7O.C7H8BFO2/c1-28(2)9-4-5-18(31)29-10-8-15(12-29)30-22-19(21(24)25-13-26-22)20(27-30)14-6-7-16(23)17(11-14)32-3;1-21(2)6-3-4-11(24)22-7-5-10(8-22)23-15-12(13(16)20-23)14(17)18-9-19-15;1-5-4-6(8(10)11)2-3-7(5)9/h4-7,11,13,15H,8-10,12H2,1-3H3,(H2,24,25,26);3-4,9-10H,5-8H2,1-2H3,(H2,17,18,19);2-4,10-11H,1H3/b5-4+;4-3+;/t15-;10-;/m11./s1. The molecule has 0 spiro atoms. The molecule has 0 bridgehead atoms. The molecule has 4 aromatic heterocycles. The maximum Gasteiger partial charge on any atom is 0.488 e. The molecule has 2 saturated heterocycles. The Hall–Kier alpha value is -6.15. The summed E-state index contributed by atoms with van der Waals surface area (Å²) in [4.78, 5) is 49.4. The number of aromatic nitrogens is 8. The number of likely N-dealkylation sites (tertiary alicyclic amines) is 2. The van der Waals surface area contributed by atoms with Crippen LogP contribution >= 0.6 is 22.6 Å². The molecule has 6 heterocycles. The summed E-state index contributed by atoms with van der Waals surface area (Å²) < 4.78 is 36.1. The Morgan fingerprint density at radius 1 is 0.806 bits per heavy atom. The number of likely N-dealkylation sites (N-methyl/N-ethyl adjacent to an activating group) is 2. The Morgan fingerprint density at radius 3 is 1.85 bits per heavy atom. The van der Waals surface area contributed by atoms with Crippen LogP contribution < -0.4 is 21.7 Å². The molecule has 2 amide bonds. The molecule has 0 aliphatic carbocycles. The van der Waals surface area contributed by atoms with E-state index in [4.69, 9.17) is 31.4 Å². The Morgan fingerprint density at radius 2 is 1.33 bits per heavy atom. The molecule has 23 heteroatoms. The van der Waals surface area contributed by atoms with Crippen LogP contribution in [0.3, 0.4) is 0 Å². The SMILES string of the molecule is CN(C)C/C=C/C(=O)N1CC[C@@H](n2nc(I)c3c(N)ncnc32)C1.COc1cc(-c2nn([C@@H]3CCN(C(=O)/C=C/CN(C)C)C3)c3ncnc(N)c23)ccc1F.Cc1cc(B(O)O)ccc1F. The zero-order chi connectivity index (χ0) is 48.5. The maximum atomic E-state index is 13.9. The van der Waals surface area contributed by atoms with E-state index in [9.17, 15) is 18.4 Å². The largest absolute Gasteiger partial charge is 0.494 e. The van der Waals surface area contributed by atoms with E-state index in [2.05, 4.69) is 47.6 Å². The van der Waals surface area contributed by atoms with Crippen LogP contribution in [0.25, 0.3) is 33.3 Å². The van der Waals surface area contributed by atoms with Gasteiger partial charge in [-0.25, -0.2) is 38.1 Å². The summed E-state index contributed by atoms with van der Waals surface area (Å²) in [6.07, 6.45) is 11.4. The number of hydrogen-bond acceptors (Lipinski definition) is 15. The second kappa shape index (κ2) is 22.6. The van der Waals surface area contributed by atoms with Crippen LogP contribution in [0.2, 0.25) is 0 Å². The van der Waals surface area contributed by atoms with Gasteiger partial charge < -0.3 is 45.9 Å². The van der Waals surface area contributed by atoms with Crippen molar-refractivity contribution in [2.24, 2.45) is 0 Å². The minimum absolute atomic E-state index is 0.0246. The van der Waals surface area contributed by atoms with Crippen molar-refractivity contribution in [3.63, 3.8) is 0 Å². The number of anilines is 2. The number of methoxy groups -OCH3 is 1. The van der Waals surface area contributed by atoms with Gasteiger partial charge in [-0.15, -0.1) is 0 Å². The number of benzene rings is 2. The van der Waals surface area contributed by atoms with Gasteiger partial charge in [-0.05, 0) is 106 Å². The minimum atomic E-state index is -1.52. The second-order valence-corrected chi connectivity index (χ2v) is 17.5. The molecule has 67 heavy (non-hydrogen) atoms. The predicted molar refractivity (Wildman–Crippen MR) is 261 cm³/mol. The molecular weight excluding hydrogens is 980 g/mol. The number of rotatable bonds is 11. The van der Waals surface area contributed by atoms with Gasteiger partial charge in [-0.3, -0.25) is 9.59 Å². The van der Waals surface area contributed by atoms with Crippen LogP contribution in [-0.2, 0) is 9.59 Å².